The Bertz CT molecular complexity index is 1120. The normalized spacial score (nSPS) is 26.8. The molecule has 4 rings (SSSR count). The third kappa shape index (κ3) is 3.76. The van der Waals surface area contributed by atoms with Crippen LogP contribution in [0.2, 0.25) is 19.6 Å². The molecule has 2 heterocycles. The summed E-state index contributed by atoms with van der Waals surface area (Å²) in [7, 11) is -6.49. The summed E-state index contributed by atoms with van der Waals surface area (Å²) in [6.07, 6.45) is 1.78. The third-order valence-electron chi connectivity index (χ3n) is 6.30. The van der Waals surface area contributed by atoms with E-state index in [0.29, 0.717) is 18.6 Å². The molecule has 0 radical (unpaired) electrons. The van der Waals surface area contributed by atoms with Crippen molar-refractivity contribution in [1.29, 1.82) is 0 Å². The van der Waals surface area contributed by atoms with Crippen LogP contribution in [0.5, 0.6) is 0 Å². The van der Waals surface area contributed by atoms with Crippen LogP contribution in [0.3, 0.4) is 0 Å². The first-order valence-corrected chi connectivity index (χ1v) is 15.7. The highest BCUT2D eigenvalue weighted by Crippen LogP contribution is 2.54. The van der Waals surface area contributed by atoms with E-state index < -0.39 is 41.8 Å². The van der Waals surface area contributed by atoms with Gasteiger partial charge in [0.25, 0.3) is 15.9 Å². The molecule has 7 nitrogen and oxygen atoms in total. The van der Waals surface area contributed by atoms with Gasteiger partial charge in [-0.15, -0.1) is 0 Å². The van der Waals surface area contributed by atoms with Crippen molar-refractivity contribution in [3.8, 4) is 0 Å². The number of rotatable bonds is 5. The predicted octanol–water partition coefficient (Wildman–Crippen LogP) is 4.21. The van der Waals surface area contributed by atoms with Gasteiger partial charge in [0.05, 0.1) is 11.2 Å². The van der Waals surface area contributed by atoms with E-state index in [4.69, 9.17) is 8.84 Å². The average Bonchev–Trinajstić information content (AvgIpc) is 3.35. The van der Waals surface area contributed by atoms with Crippen molar-refractivity contribution in [3.63, 3.8) is 0 Å². The van der Waals surface area contributed by atoms with Crippen molar-refractivity contribution in [1.82, 2.24) is 4.31 Å². The van der Waals surface area contributed by atoms with E-state index in [0.717, 1.165) is 9.87 Å². The standard InChI is InChI=1S/C23H29NO6SSi/c1-16-9-11-17(12-10-16)31(27,28)24-21(30-32(2,3)4)15-18(19-7-6-14-29-19)23(22(24)26)13-5-8-20(23)25/h6-7,9-12,14,18,21H,5,8,13,15H2,1-4H3/t18-,21+,23+/m0/s1. The topological polar surface area (TPSA) is 93.9 Å². The van der Waals surface area contributed by atoms with Gasteiger partial charge in [-0.25, -0.2) is 12.7 Å². The molecule has 1 saturated heterocycles. The Balaban J connectivity index is 1.88. The summed E-state index contributed by atoms with van der Waals surface area (Å²) in [4.78, 5) is 27.3. The zero-order chi connectivity index (χ0) is 23.3. The van der Waals surface area contributed by atoms with Crippen LogP contribution >= 0.6 is 0 Å². The van der Waals surface area contributed by atoms with E-state index in [2.05, 4.69) is 0 Å². The third-order valence-corrected chi connectivity index (χ3v) is 9.07. The number of hydrogen-bond acceptors (Lipinski definition) is 6. The summed E-state index contributed by atoms with van der Waals surface area (Å²) >= 11 is 0. The fourth-order valence-corrected chi connectivity index (χ4v) is 7.52. The number of furan rings is 1. The number of sulfonamides is 1. The molecule has 3 atom stereocenters. The van der Waals surface area contributed by atoms with Gasteiger partial charge in [0, 0.05) is 18.8 Å². The first-order valence-electron chi connectivity index (χ1n) is 10.9. The molecule has 0 N–H and O–H groups in total. The highest BCUT2D eigenvalue weighted by molar-refractivity contribution is 7.89. The molecule has 32 heavy (non-hydrogen) atoms. The van der Waals surface area contributed by atoms with Crippen LogP contribution in [0.1, 0.15) is 42.9 Å². The minimum atomic E-state index is -4.23. The number of benzene rings is 1. The first kappa shape index (κ1) is 22.9. The fourth-order valence-electron chi connectivity index (χ4n) is 4.90. The number of ketones is 1. The van der Waals surface area contributed by atoms with Crippen LogP contribution in [-0.2, 0) is 24.0 Å². The lowest BCUT2D eigenvalue weighted by molar-refractivity contribution is -0.158. The maximum atomic E-state index is 14.1. The monoisotopic (exact) mass is 475 g/mol. The maximum Gasteiger partial charge on any atom is 0.268 e. The zero-order valence-corrected chi connectivity index (χ0v) is 20.6. The van der Waals surface area contributed by atoms with Gasteiger partial charge in [0.1, 0.15) is 23.2 Å². The Morgan fingerprint density at radius 2 is 1.81 bits per heavy atom. The van der Waals surface area contributed by atoms with E-state index in [1.165, 1.54) is 18.4 Å². The van der Waals surface area contributed by atoms with Gasteiger partial charge >= 0.3 is 0 Å². The van der Waals surface area contributed by atoms with Gasteiger partial charge in [-0.2, -0.15) is 0 Å². The highest BCUT2D eigenvalue weighted by atomic mass is 32.2. The van der Waals surface area contributed by atoms with Crippen molar-refractivity contribution < 1.29 is 26.9 Å². The lowest BCUT2D eigenvalue weighted by atomic mass is 9.67. The second kappa shape index (κ2) is 7.97. The van der Waals surface area contributed by atoms with Gasteiger partial charge in [0.15, 0.2) is 8.32 Å². The molecule has 9 heteroatoms. The summed E-state index contributed by atoms with van der Waals surface area (Å²) in [5.74, 6) is -0.966. The summed E-state index contributed by atoms with van der Waals surface area (Å²) in [6.45, 7) is 7.70. The molecule has 1 aromatic heterocycles. The van der Waals surface area contributed by atoms with Crippen LogP contribution in [0.15, 0.2) is 52.0 Å². The molecule has 1 spiro atoms. The molecule has 1 aliphatic carbocycles. The van der Waals surface area contributed by atoms with E-state index in [-0.39, 0.29) is 23.5 Å². The highest BCUT2D eigenvalue weighted by Gasteiger charge is 2.63. The van der Waals surface area contributed by atoms with Crippen LogP contribution in [0.25, 0.3) is 0 Å². The number of aryl methyl sites for hydroxylation is 1. The SMILES string of the molecule is Cc1ccc(S(=O)(=O)N2C(=O)[C@]3(CCCC3=O)[C@H](c3ccco3)C[C@H]2O[Si](C)(C)C)cc1. The van der Waals surface area contributed by atoms with Crippen molar-refractivity contribution in [2.24, 2.45) is 5.41 Å². The molecule has 2 aliphatic rings. The molecule has 0 bridgehead atoms. The number of carbonyl (C=O) groups is 2. The number of carbonyl (C=O) groups excluding carboxylic acids is 2. The molecular weight excluding hydrogens is 446 g/mol. The van der Waals surface area contributed by atoms with Crippen molar-refractivity contribution in [3.05, 3.63) is 54.0 Å². The summed E-state index contributed by atoms with van der Waals surface area (Å²) < 4.78 is 40.3. The average molecular weight is 476 g/mol. The molecule has 0 unspecified atom stereocenters. The predicted molar refractivity (Wildman–Crippen MR) is 121 cm³/mol. The fraction of sp³-hybridized carbons (Fsp3) is 0.478. The molecule has 1 aromatic carbocycles. The summed E-state index contributed by atoms with van der Waals surface area (Å²) in [6, 6.07) is 9.84. The van der Waals surface area contributed by atoms with Crippen LogP contribution in [-0.4, -0.2) is 39.0 Å². The molecular formula is C23H29NO6SSi. The van der Waals surface area contributed by atoms with E-state index in [1.807, 2.05) is 26.6 Å². The smallest absolute Gasteiger partial charge is 0.268 e. The van der Waals surface area contributed by atoms with E-state index in [1.54, 1.807) is 24.3 Å². The Morgan fingerprint density at radius 3 is 2.34 bits per heavy atom. The summed E-state index contributed by atoms with van der Waals surface area (Å²) in [5.41, 5.74) is -0.543. The summed E-state index contributed by atoms with van der Waals surface area (Å²) in [5, 5.41) is 0. The maximum absolute atomic E-state index is 14.1. The Labute approximate surface area is 189 Å². The van der Waals surface area contributed by atoms with Gasteiger partial charge < -0.3 is 8.84 Å². The van der Waals surface area contributed by atoms with E-state index >= 15 is 0 Å². The van der Waals surface area contributed by atoms with Crippen LogP contribution in [0, 0.1) is 12.3 Å². The number of Topliss-reactive ketones (excluding diaryl/α,β-unsaturated/α-hetero) is 1. The number of hydrogen-bond donors (Lipinski definition) is 0. The lowest BCUT2D eigenvalue weighted by Crippen LogP contribution is -2.62. The Morgan fingerprint density at radius 1 is 1.12 bits per heavy atom. The molecule has 172 valence electrons. The zero-order valence-electron chi connectivity index (χ0n) is 18.8. The van der Waals surface area contributed by atoms with Crippen LogP contribution in [0.4, 0.5) is 0 Å². The number of amides is 1. The Hall–Kier alpha value is -2.23. The Kier molecular flexibility index (Phi) is 5.71. The molecule has 2 aromatic rings. The molecule has 1 aliphatic heterocycles. The lowest BCUT2D eigenvalue weighted by Gasteiger charge is -2.47. The van der Waals surface area contributed by atoms with Crippen LogP contribution < -0.4 is 0 Å². The minimum Gasteiger partial charge on any atom is -0.469 e. The number of piperidine rings is 1. The van der Waals surface area contributed by atoms with E-state index in [9.17, 15) is 18.0 Å². The molecule has 2 fully saturated rings. The quantitative estimate of drug-likeness (QED) is 0.475. The molecule has 1 amide bonds. The van der Waals surface area contributed by atoms with Gasteiger partial charge in [0.2, 0.25) is 0 Å². The van der Waals surface area contributed by atoms with Crippen molar-refractivity contribution in [2.75, 3.05) is 0 Å². The van der Waals surface area contributed by atoms with Gasteiger partial charge in [-0.3, -0.25) is 9.59 Å². The van der Waals surface area contributed by atoms with Gasteiger partial charge in [-0.1, -0.05) is 17.7 Å². The van der Waals surface area contributed by atoms with Gasteiger partial charge in [-0.05, 0) is 63.7 Å². The largest absolute Gasteiger partial charge is 0.469 e. The molecule has 1 saturated carbocycles. The minimum absolute atomic E-state index is 0.0117. The number of nitrogens with zero attached hydrogens (tertiary/aromatic N) is 1. The second-order valence-electron chi connectivity index (χ2n) is 9.66. The van der Waals surface area contributed by atoms with Crippen molar-refractivity contribution >= 4 is 30.0 Å². The second-order valence-corrected chi connectivity index (χ2v) is 15.9. The first-order chi connectivity index (χ1) is 15.0. The van der Waals surface area contributed by atoms with Crippen molar-refractivity contribution in [2.45, 2.75) is 69.3 Å².